The van der Waals surface area contributed by atoms with E-state index in [-0.39, 0.29) is 36.7 Å². The third kappa shape index (κ3) is 3.94. The number of hydrogen-bond donors (Lipinski definition) is 1. The van der Waals surface area contributed by atoms with Crippen LogP contribution in [0, 0.1) is 5.92 Å². The summed E-state index contributed by atoms with van der Waals surface area (Å²) in [5, 5.41) is 2.47. The summed E-state index contributed by atoms with van der Waals surface area (Å²) in [5.74, 6) is -1.01. The van der Waals surface area contributed by atoms with Crippen molar-refractivity contribution in [2.24, 2.45) is 5.92 Å². The van der Waals surface area contributed by atoms with Crippen LogP contribution < -0.4 is 10.1 Å². The number of nitrogens with one attached hydrogen (secondary N) is 1. The highest BCUT2D eigenvalue weighted by Gasteiger charge is 2.35. The topological polar surface area (TPSA) is 58.6 Å². The molecule has 1 atom stereocenters. The van der Waals surface area contributed by atoms with Crippen molar-refractivity contribution in [3.63, 3.8) is 0 Å². The molecule has 0 bridgehead atoms. The van der Waals surface area contributed by atoms with E-state index in [0.717, 1.165) is 6.07 Å². The number of likely N-dealkylation sites (tertiary alicyclic amines) is 1. The van der Waals surface area contributed by atoms with Gasteiger partial charge in [-0.3, -0.25) is 9.59 Å². The van der Waals surface area contributed by atoms with Crippen LogP contribution in [0.5, 0.6) is 5.75 Å². The summed E-state index contributed by atoms with van der Waals surface area (Å²) in [7, 11) is 2.87. The maximum atomic E-state index is 13.1. The van der Waals surface area contributed by atoms with Crippen LogP contribution in [0.2, 0.25) is 0 Å². The lowest BCUT2D eigenvalue weighted by molar-refractivity contribution is -0.138. The first kappa shape index (κ1) is 17.1. The van der Waals surface area contributed by atoms with Crippen molar-refractivity contribution < 1.29 is 27.5 Å². The normalized spacial score (nSPS) is 18.2. The largest absolute Gasteiger partial charge is 0.497 e. The van der Waals surface area contributed by atoms with E-state index in [1.165, 1.54) is 24.1 Å². The molecule has 1 saturated heterocycles. The zero-order valence-electron chi connectivity index (χ0n) is 12.7. The monoisotopic (exact) mass is 330 g/mol. The zero-order valence-corrected chi connectivity index (χ0v) is 12.7. The Morgan fingerprint density at radius 3 is 2.65 bits per heavy atom. The molecule has 0 aromatic heterocycles. The van der Waals surface area contributed by atoms with Gasteiger partial charge in [0.25, 0.3) is 0 Å². The Morgan fingerprint density at radius 2 is 2.13 bits per heavy atom. The highest BCUT2D eigenvalue weighted by molar-refractivity contribution is 5.89. The minimum atomic E-state index is -4.54. The van der Waals surface area contributed by atoms with Gasteiger partial charge in [0.2, 0.25) is 11.8 Å². The van der Waals surface area contributed by atoms with Crippen LogP contribution >= 0.6 is 0 Å². The van der Waals surface area contributed by atoms with Crippen molar-refractivity contribution in [2.75, 3.05) is 20.7 Å². The number of nitrogens with zero attached hydrogens (tertiary/aromatic N) is 1. The number of methoxy groups -OCH3 is 1. The molecule has 8 heteroatoms. The van der Waals surface area contributed by atoms with Crippen molar-refractivity contribution in [2.45, 2.75) is 19.1 Å². The number of hydrogen-bond acceptors (Lipinski definition) is 3. The number of alkyl halides is 3. The fourth-order valence-corrected chi connectivity index (χ4v) is 2.47. The van der Waals surface area contributed by atoms with Crippen molar-refractivity contribution in [1.29, 1.82) is 0 Å². The molecule has 0 aliphatic carbocycles. The molecule has 0 radical (unpaired) electrons. The first-order chi connectivity index (χ1) is 10.7. The van der Waals surface area contributed by atoms with Crippen LogP contribution in [0.25, 0.3) is 0 Å². The molecule has 1 heterocycles. The number of benzene rings is 1. The molecule has 1 aromatic carbocycles. The second kappa shape index (κ2) is 6.47. The molecule has 1 N–H and O–H groups in total. The van der Waals surface area contributed by atoms with E-state index in [1.54, 1.807) is 7.05 Å². The molecule has 0 spiro atoms. The summed E-state index contributed by atoms with van der Waals surface area (Å²) in [6.07, 6.45) is -4.46. The molecule has 126 valence electrons. The highest BCUT2D eigenvalue weighted by Crippen LogP contribution is 2.34. The van der Waals surface area contributed by atoms with Crippen LogP contribution in [0.4, 0.5) is 13.2 Å². The molecule has 1 aliphatic rings. The van der Waals surface area contributed by atoms with E-state index in [0.29, 0.717) is 0 Å². The summed E-state index contributed by atoms with van der Waals surface area (Å²) < 4.78 is 44.0. The van der Waals surface area contributed by atoms with Crippen LogP contribution in [-0.2, 0) is 22.3 Å². The third-order valence-electron chi connectivity index (χ3n) is 3.79. The summed E-state index contributed by atoms with van der Waals surface area (Å²) in [6.45, 7) is 0.0193. The minimum Gasteiger partial charge on any atom is -0.497 e. The molecule has 2 rings (SSSR count). The van der Waals surface area contributed by atoms with Gasteiger partial charge in [-0.15, -0.1) is 0 Å². The number of ether oxygens (including phenoxy) is 1. The Labute approximate surface area is 131 Å². The lowest BCUT2D eigenvalue weighted by Crippen LogP contribution is -2.32. The average molecular weight is 330 g/mol. The van der Waals surface area contributed by atoms with Gasteiger partial charge < -0.3 is 15.0 Å². The summed E-state index contributed by atoms with van der Waals surface area (Å²) in [5.41, 5.74) is -0.902. The van der Waals surface area contributed by atoms with Gasteiger partial charge in [0.05, 0.1) is 18.6 Å². The Morgan fingerprint density at radius 1 is 1.43 bits per heavy atom. The van der Waals surface area contributed by atoms with E-state index in [1.807, 2.05) is 0 Å². The van der Waals surface area contributed by atoms with Gasteiger partial charge in [0.1, 0.15) is 5.75 Å². The summed E-state index contributed by atoms with van der Waals surface area (Å²) >= 11 is 0. The maximum Gasteiger partial charge on any atom is 0.416 e. The minimum absolute atomic E-state index is 0.0515. The average Bonchev–Trinajstić information content (AvgIpc) is 2.83. The molecule has 2 amide bonds. The summed E-state index contributed by atoms with van der Waals surface area (Å²) in [4.78, 5) is 24.8. The lowest BCUT2D eigenvalue weighted by atomic mass is 10.0. The van der Waals surface area contributed by atoms with Gasteiger partial charge in [-0.05, 0) is 17.7 Å². The van der Waals surface area contributed by atoms with Gasteiger partial charge in [-0.2, -0.15) is 13.2 Å². The van der Waals surface area contributed by atoms with Gasteiger partial charge in [0, 0.05) is 26.6 Å². The standard InChI is InChI=1S/C15H17F3N2O3/c1-20-8-10(5-13(20)21)14(22)19-7-9-3-4-11(23-2)6-12(9)15(16,17)18/h3-4,6,10H,5,7-8H2,1-2H3,(H,19,22)/t10-/m0/s1. The van der Waals surface area contributed by atoms with E-state index >= 15 is 0 Å². The Balaban J connectivity index is 2.08. The zero-order chi connectivity index (χ0) is 17.2. The lowest BCUT2D eigenvalue weighted by Gasteiger charge is -2.16. The number of carbonyl (C=O) groups is 2. The van der Waals surface area contributed by atoms with Crippen LogP contribution in [0.15, 0.2) is 18.2 Å². The first-order valence-corrected chi connectivity index (χ1v) is 6.98. The second-order valence-corrected chi connectivity index (χ2v) is 5.41. The quantitative estimate of drug-likeness (QED) is 0.916. The van der Waals surface area contributed by atoms with E-state index < -0.39 is 23.6 Å². The Bertz CT molecular complexity index is 616. The third-order valence-corrected chi connectivity index (χ3v) is 3.79. The fraction of sp³-hybridized carbons (Fsp3) is 0.467. The molecule has 5 nitrogen and oxygen atoms in total. The molecule has 0 saturated carbocycles. The molecule has 1 fully saturated rings. The molecule has 1 aliphatic heterocycles. The number of rotatable bonds is 4. The molecular weight excluding hydrogens is 313 g/mol. The molecular formula is C15H17F3N2O3. The van der Waals surface area contributed by atoms with E-state index in [9.17, 15) is 22.8 Å². The van der Waals surface area contributed by atoms with Gasteiger partial charge in [-0.1, -0.05) is 6.07 Å². The van der Waals surface area contributed by atoms with E-state index in [2.05, 4.69) is 5.32 Å². The number of halogens is 3. The van der Waals surface area contributed by atoms with Gasteiger partial charge in [0.15, 0.2) is 0 Å². The molecule has 1 aromatic rings. The van der Waals surface area contributed by atoms with Gasteiger partial charge >= 0.3 is 6.18 Å². The number of amides is 2. The highest BCUT2D eigenvalue weighted by atomic mass is 19.4. The SMILES string of the molecule is COc1ccc(CNC(=O)[C@H]2CC(=O)N(C)C2)c(C(F)(F)F)c1. The predicted molar refractivity (Wildman–Crippen MR) is 75.6 cm³/mol. The van der Waals surface area contributed by atoms with Crippen LogP contribution in [0.3, 0.4) is 0 Å². The number of carbonyl (C=O) groups excluding carboxylic acids is 2. The molecule has 0 unspecified atom stereocenters. The smallest absolute Gasteiger partial charge is 0.416 e. The predicted octanol–water partition coefficient (Wildman–Crippen LogP) is 1.81. The van der Waals surface area contributed by atoms with Crippen molar-refractivity contribution in [1.82, 2.24) is 10.2 Å². The van der Waals surface area contributed by atoms with Crippen molar-refractivity contribution in [3.05, 3.63) is 29.3 Å². The van der Waals surface area contributed by atoms with E-state index in [4.69, 9.17) is 4.74 Å². The van der Waals surface area contributed by atoms with Crippen molar-refractivity contribution >= 4 is 11.8 Å². The van der Waals surface area contributed by atoms with Gasteiger partial charge in [-0.25, -0.2) is 0 Å². The fourth-order valence-electron chi connectivity index (χ4n) is 2.47. The summed E-state index contributed by atoms with van der Waals surface area (Å²) in [6, 6.07) is 3.58. The van der Waals surface area contributed by atoms with Crippen LogP contribution in [0.1, 0.15) is 17.5 Å². The molecule has 23 heavy (non-hydrogen) atoms. The maximum absolute atomic E-state index is 13.1. The van der Waals surface area contributed by atoms with Crippen LogP contribution in [-0.4, -0.2) is 37.4 Å². The Hall–Kier alpha value is -2.25. The Kier molecular flexibility index (Phi) is 4.82. The van der Waals surface area contributed by atoms with Crippen molar-refractivity contribution in [3.8, 4) is 5.75 Å². The first-order valence-electron chi connectivity index (χ1n) is 6.98. The second-order valence-electron chi connectivity index (χ2n) is 5.41.